The summed E-state index contributed by atoms with van der Waals surface area (Å²) in [5, 5.41) is 3.43. The molecule has 2 heterocycles. The van der Waals surface area contributed by atoms with E-state index in [2.05, 4.69) is 38.2 Å². The van der Waals surface area contributed by atoms with Gasteiger partial charge in [0, 0.05) is 24.8 Å². The predicted molar refractivity (Wildman–Crippen MR) is 77.1 cm³/mol. The molecule has 1 atom stereocenters. The second-order valence-electron chi connectivity index (χ2n) is 4.43. The van der Waals surface area contributed by atoms with E-state index >= 15 is 0 Å². The molecule has 0 aliphatic rings. The number of benzene rings is 1. The average Bonchev–Trinajstić information content (AvgIpc) is 2.53. The van der Waals surface area contributed by atoms with Crippen LogP contribution in [0.3, 0.4) is 0 Å². The first-order valence-corrected chi connectivity index (χ1v) is 6.58. The number of nitrogens with zero attached hydrogens (tertiary/aromatic N) is 4. The van der Waals surface area contributed by atoms with Crippen molar-refractivity contribution in [1.29, 1.82) is 0 Å². The molecular weight excluding hydrogens is 250 g/mol. The van der Waals surface area contributed by atoms with Crippen LogP contribution >= 0.6 is 0 Å². The first-order valence-electron chi connectivity index (χ1n) is 6.58. The van der Waals surface area contributed by atoms with Gasteiger partial charge < -0.3 is 5.32 Å². The van der Waals surface area contributed by atoms with Gasteiger partial charge in [0.05, 0.1) is 29.0 Å². The van der Waals surface area contributed by atoms with E-state index in [-0.39, 0.29) is 6.04 Å². The van der Waals surface area contributed by atoms with Crippen molar-refractivity contribution in [2.75, 3.05) is 6.54 Å². The van der Waals surface area contributed by atoms with E-state index < -0.39 is 0 Å². The summed E-state index contributed by atoms with van der Waals surface area (Å²) in [6.07, 6.45) is 8.58. The fourth-order valence-corrected chi connectivity index (χ4v) is 2.22. The second-order valence-corrected chi connectivity index (χ2v) is 4.43. The van der Waals surface area contributed by atoms with Crippen LogP contribution in [0, 0.1) is 0 Å². The summed E-state index contributed by atoms with van der Waals surface area (Å²) < 4.78 is 0. The molecule has 0 saturated carbocycles. The third kappa shape index (κ3) is 2.48. The molecule has 0 amide bonds. The minimum absolute atomic E-state index is 0.0140. The highest BCUT2D eigenvalue weighted by Crippen LogP contribution is 2.22. The van der Waals surface area contributed by atoms with Crippen molar-refractivity contribution in [2.24, 2.45) is 0 Å². The molecule has 1 N–H and O–H groups in total. The van der Waals surface area contributed by atoms with Crippen LogP contribution < -0.4 is 5.32 Å². The van der Waals surface area contributed by atoms with Crippen LogP contribution in [0.15, 0.2) is 49.2 Å². The number of aromatic nitrogens is 4. The Bertz CT molecular complexity index is 699. The molecule has 0 radical (unpaired) electrons. The van der Waals surface area contributed by atoms with Crippen LogP contribution in [0.25, 0.3) is 11.0 Å². The molecule has 0 aliphatic heterocycles. The lowest BCUT2D eigenvalue weighted by atomic mass is 10.0. The van der Waals surface area contributed by atoms with Crippen molar-refractivity contribution in [1.82, 2.24) is 25.3 Å². The summed E-state index contributed by atoms with van der Waals surface area (Å²) in [6, 6.07) is 6.10. The Labute approximate surface area is 117 Å². The van der Waals surface area contributed by atoms with Gasteiger partial charge in [-0.05, 0) is 24.2 Å². The van der Waals surface area contributed by atoms with Crippen LogP contribution in [-0.2, 0) is 0 Å². The van der Waals surface area contributed by atoms with Crippen molar-refractivity contribution < 1.29 is 0 Å². The van der Waals surface area contributed by atoms with E-state index in [1.54, 1.807) is 31.0 Å². The lowest BCUT2D eigenvalue weighted by Gasteiger charge is -2.17. The third-order valence-electron chi connectivity index (χ3n) is 3.11. The summed E-state index contributed by atoms with van der Waals surface area (Å²) in [5.74, 6) is 0. The highest BCUT2D eigenvalue weighted by atomic mass is 14.9. The Morgan fingerprint density at radius 1 is 1.00 bits per heavy atom. The topological polar surface area (TPSA) is 63.6 Å². The molecule has 3 aromatic rings. The number of nitrogens with one attached hydrogen (secondary N) is 1. The first-order chi connectivity index (χ1) is 9.88. The zero-order valence-corrected chi connectivity index (χ0v) is 11.2. The minimum atomic E-state index is 0.0140. The van der Waals surface area contributed by atoms with Gasteiger partial charge in [-0.15, -0.1) is 0 Å². The van der Waals surface area contributed by atoms with E-state index in [0.29, 0.717) is 0 Å². The molecule has 0 bridgehead atoms. The zero-order valence-electron chi connectivity index (χ0n) is 11.2. The summed E-state index contributed by atoms with van der Waals surface area (Å²) >= 11 is 0. The van der Waals surface area contributed by atoms with E-state index in [1.807, 2.05) is 12.1 Å². The van der Waals surface area contributed by atoms with Crippen LogP contribution in [0.2, 0.25) is 0 Å². The van der Waals surface area contributed by atoms with Crippen molar-refractivity contribution in [3.8, 4) is 0 Å². The smallest absolute Gasteiger partial charge is 0.0890 e. The molecule has 5 nitrogen and oxygen atoms in total. The van der Waals surface area contributed by atoms with Gasteiger partial charge in [-0.25, -0.2) is 0 Å². The van der Waals surface area contributed by atoms with Crippen molar-refractivity contribution >= 4 is 11.0 Å². The number of fused-ring (bicyclic) bond motifs is 1. The van der Waals surface area contributed by atoms with Crippen molar-refractivity contribution in [3.63, 3.8) is 0 Å². The summed E-state index contributed by atoms with van der Waals surface area (Å²) in [7, 11) is 0. The normalized spacial score (nSPS) is 12.4. The van der Waals surface area contributed by atoms with Gasteiger partial charge in [0.15, 0.2) is 0 Å². The molecule has 3 rings (SSSR count). The fourth-order valence-electron chi connectivity index (χ4n) is 2.22. The Morgan fingerprint density at radius 2 is 1.80 bits per heavy atom. The summed E-state index contributed by atoms with van der Waals surface area (Å²) in [4.78, 5) is 17.2. The van der Waals surface area contributed by atoms with E-state index in [4.69, 9.17) is 0 Å². The third-order valence-corrected chi connectivity index (χ3v) is 3.11. The second kappa shape index (κ2) is 5.71. The van der Waals surface area contributed by atoms with Crippen molar-refractivity contribution in [3.05, 3.63) is 60.4 Å². The Morgan fingerprint density at radius 3 is 2.55 bits per heavy atom. The predicted octanol–water partition coefficient (Wildman–Crippen LogP) is 2.12. The lowest BCUT2D eigenvalue weighted by Crippen LogP contribution is -2.23. The van der Waals surface area contributed by atoms with Crippen LogP contribution in [0.4, 0.5) is 0 Å². The fraction of sp³-hybridized carbons (Fsp3) is 0.200. The minimum Gasteiger partial charge on any atom is -0.305 e. The quantitative estimate of drug-likeness (QED) is 0.782. The molecule has 100 valence electrons. The van der Waals surface area contributed by atoms with Gasteiger partial charge in [-0.1, -0.05) is 13.0 Å². The summed E-state index contributed by atoms with van der Waals surface area (Å²) in [5.41, 5.74) is 3.79. The molecule has 1 aromatic carbocycles. The van der Waals surface area contributed by atoms with E-state index in [9.17, 15) is 0 Å². The number of hydrogen-bond acceptors (Lipinski definition) is 5. The van der Waals surface area contributed by atoms with Gasteiger partial charge in [-0.3, -0.25) is 19.9 Å². The largest absolute Gasteiger partial charge is 0.305 e. The number of rotatable bonds is 4. The Kier molecular flexibility index (Phi) is 3.60. The molecule has 20 heavy (non-hydrogen) atoms. The molecule has 0 aliphatic carbocycles. The maximum atomic E-state index is 4.39. The van der Waals surface area contributed by atoms with Gasteiger partial charge >= 0.3 is 0 Å². The van der Waals surface area contributed by atoms with Gasteiger partial charge in [0.2, 0.25) is 0 Å². The first kappa shape index (κ1) is 12.6. The maximum absolute atomic E-state index is 4.39. The molecular formula is C15H15N5. The number of hydrogen-bond donors (Lipinski definition) is 1. The van der Waals surface area contributed by atoms with Crippen molar-refractivity contribution in [2.45, 2.75) is 13.0 Å². The van der Waals surface area contributed by atoms with Gasteiger partial charge in [0.25, 0.3) is 0 Å². The molecule has 0 fully saturated rings. The lowest BCUT2D eigenvalue weighted by molar-refractivity contribution is 0.613. The highest BCUT2D eigenvalue weighted by molar-refractivity contribution is 5.74. The molecule has 0 saturated heterocycles. The SMILES string of the molecule is CCNC(c1ccc2nccnc2c1)c1cnccn1. The van der Waals surface area contributed by atoms with Crippen LogP contribution in [0.5, 0.6) is 0 Å². The zero-order chi connectivity index (χ0) is 13.8. The Balaban J connectivity index is 2.05. The standard InChI is InChI=1S/C15H15N5/c1-2-17-15(14-10-16-5-6-20-14)11-3-4-12-13(9-11)19-8-7-18-12/h3-10,15,17H,2H2,1H3. The average molecular weight is 265 g/mol. The van der Waals surface area contributed by atoms with Crippen LogP contribution in [0.1, 0.15) is 24.2 Å². The molecule has 0 spiro atoms. The Hall–Kier alpha value is -2.40. The van der Waals surface area contributed by atoms with Gasteiger partial charge in [-0.2, -0.15) is 0 Å². The molecule has 2 aromatic heterocycles. The highest BCUT2D eigenvalue weighted by Gasteiger charge is 2.15. The molecule has 5 heteroatoms. The van der Waals surface area contributed by atoms with E-state index in [0.717, 1.165) is 28.8 Å². The maximum Gasteiger partial charge on any atom is 0.0890 e. The van der Waals surface area contributed by atoms with Gasteiger partial charge in [0.1, 0.15) is 0 Å². The summed E-state index contributed by atoms with van der Waals surface area (Å²) in [6.45, 7) is 2.92. The van der Waals surface area contributed by atoms with E-state index in [1.165, 1.54) is 0 Å². The molecule has 1 unspecified atom stereocenters. The monoisotopic (exact) mass is 265 g/mol. The van der Waals surface area contributed by atoms with Crippen LogP contribution in [-0.4, -0.2) is 26.5 Å².